The monoisotopic (exact) mass is 214 g/mol. The summed E-state index contributed by atoms with van der Waals surface area (Å²) >= 11 is 0. The van der Waals surface area contributed by atoms with Gasteiger partial charge in [-0.2, -0.15) is 0 Å². The Morgan fingerprint density at radius 2 is 2.25 bits per heavy atom. The van der Waals surface area contributed by atoms with Gasteiger partial charge in [0.2, 0.25) is 0 Å². The van der Waals surface area contributed by atoms with Crippen LogP contribution in [0.2, 0.25) is 0 Å². The first kappa shape index (κ1) is 9.15. The number of nitrogens with zero attached hydrogens (tertiary/aromatic N) is 2. The summed E-state index contributed by atoms with van der Waals surface area (Å²) in [4.78, 5) is 14.9. The van der Waals surface area contributed by atoms with Crippen molar-refractivity contribution in [1.29, 1.82) is 0 Å². The van der Waals surface area contributed by atoms with Crippen molar-refractivity contribution in [3.8, 4) is 5.69 Å². The molecule has 1 aromatic carbocycles. The lowest BCUT2D eigenvalue weighted by Crippen LogP contribution is -2.05. The van der Waals surface area contributed by atoms with Crippen LogP contribution in [-0.2, 0) is 4.79 Å². The van der Waals surface area contributed by atoms with Gasteiger partial charge in [-0.25, -0.2) is 4.98 Å². The highest BCUT2D eigenvalue weighted by Gasteiger charge is 2.30. The summed E-state index contributed by atoms with van der Waals surface area (Å²) in [5.41, 5.74) is 3.08. The summed E-state index contributed by atoms with van der Waals surface area (Å²) in [7, 11) is 0. The Kier molecular flexibility index (Phi) is 1.83. The maximum atomic E-state index is 10.9. The molecule has 1 N–H and O–H groups in total. The molecule has 0 aliphatic carbocycles. The number of benzene rings is 1. The smallest absolute Gasteiger partial charge is 0.304 e. The van der Waals surface area contributed by atoms with Gasteiger partial charge in [0.05, 0.1) is 24.1 Å². The van der Waals surface area contributed by atoms with Crippen LogP contribution in [0.4, 0.5) is 0 Å². The summed E-state index contributed by atoms with van der Waals surface area (Å²) in [5.74, 6) is -0.856. The highest BCUT2D eigenvalue weighted by Crippen LogP contribution is 2.39. The largest absolute Gasteiger partial charge is 0.481 e. The van der Waals surface area contributed by atoms with E-state index >= 15 is 0 Å². The Labute approximate surface area is 92.2 Å². The third-order valence-corrected chi connectivity index (χ3v) is 2.97. The van der Waals surface area contributed by atoms with E-state index in [2.05, 4.69) is 4.98 Å². The van der Waals surface area contributed by atoms with Gasteiger partial charge in [-0.3, -0.25) is 4.79 Å². The Hall–Kier alpha value is -2.10. The van der Waals surface area contributed by atoms with Gasteiger partial charge in [-0.05, 0) is 11.6 Å². The summed E-state index contributed by atoms with van der Waals surface area (Å²) in [6.45, 7) is 0. The van der Waals surface area contributed by atoms with Crippen LogP contribution in [0.3, 0.4) is 0 Å². The van der Waals surface area contributed by atoms with E-state index in [1.54, 1.807) is 12.5 Å². The topological polar surface area (TPSA) is 55.1 Å². The summed E-state index contributed by atoms with van der Waals surface area (Å²) in [6, 6.07) is 7.86. The fourth-order valence-electron chi connectivity index (χ4n) is 2.31. The summed E-state index contributed by atoms with van der Waals surface area (Å²) < 4.78 is 1.96. The first-order chi connectivity index (χ1) is 7.77. The molecule has 1 unspecified atom stereocenters. The lowest BCUT2D eigenvalue weighted by atomic mass is 9.95. The number of imidazole rings is 1. The quantitative estimate of drug-likeness (QED) is 0.829. The van der Waals surface area contributed by atoms with Crippen molar-refractivity contribution in [3.63, 3.8) is 0 Å². The van der Waals surface area contributed by atoms with Gasteiger partial charge >= 0.3 is 5.97 Å². The molecule has 0 radical (unpaired) electrons. The lowest BCUT2D eigenvalue weighted by Gasteiger charge is -2.07. The minimum Gasteiger partial charge on any atom is -0.481 e. The fourth-order valence-corrected chi connectivity index (χ4v) is 2.31. The number of aliphatic carboxylic acids is 1. The molecule has 0 saturated carbocycles. The number of para-hydroxylation sites is 1. The number of carboxylic acids is 1. The number of aromatic nitrogens is 2. The van der Waals surface area contributed by atoms with E-state index in [0.717, 1.165) is 16.9 Å². The molecule has 16 heavy (non-hydrogen) atoms. The molecule has 4 heteroatoms. The Morgan fingerprint density at radius 3 is 3.06 bits per heavy atom. The van der Waals surface area contributed by atoms with Gasteiger partial charge in [-0.15, -0.1) is 0 Å². The molecule has 0 bridgehead atoms. The van der Waals surface area contributed by atoms with Crippen LogP contribution in [0.25, 0.3) is 5.69 Å². The van der Waals surface area contributed by atoms with Gasteiger partial charge in [0.15, 0.2) is 0 Å². The van der Waals surface area contributed by atoms with Crippen LogP contribution in [0, 0.1) is 0 Å². The van der Waals surface area contributed by atoms with E-state index in [1.165, 1.54) is 0 Å². The molecule has 0 spiro atoms. The maximum absolute atomic E-state index is 10.9. The average molecular weight is 214 g/mol. The van der Waals surface area contributed by atoms with Crippen molar-refractivity contribution in [3.05, 3.63) is 48.0 Å². The third-order valence-electron chi connectivity index (χ3n) is 2.97. The Balaban J connectivity index is 2.17. The van der Waals surface area contributed by atoms with E-state index in [9.17, 15) is 4.79 Å². The Bertz CT molecular complexity index is 560. The van der Waals surface area contributed by atoms with E-state index < -0.39 is 5.97 Å². The highest BCUT2D eigenvalue weighted by molar-refractivity contribution is 5.70. The molecule has 1 atom stereocenters. The van der Waals surface area contributed by atoms with Crippen LogP contribution in [0.5, 0.6) is 0 Å². The number of rotatable bonds is 2. The number of carbonyl (C=O) groups is 1. The van der Waals surface area contributed by atoms with Gasteiger partial charge in [0.25, 0.3) is 0 Å². The standard InChI is InChI=1S/C12H10N2O2/c15-12(16)5-9-8-3-1-2-4-10(8)14-7-13-6-11(9)14/h1-4,6-7,9H,5H2,(H,15,16). The Morgan fingerprint density at radius 1 is 1.44 bits per heavy atom. The minimum absolute atomic E-state index is 0.0730. The van der Waals surface area contributed by atoms with Gasteiger partial charge < -0.3 is 9.67 Å². The highest BCUT2D eigenvalue weighted by atomic mass is 16.4. The normalized spacial score (nSPS) is 16.9. The average Bonchev–Trinajstić information content (AvgIpc) is 2.82. The van der Waals surface area contributed by atoms with Gasteiger partial charge in [0, 0.05) is 12.1 Å². The maximum Gasteiger partial charge on any atom is 0.304 e. The third kappa shape index (κ3) is 1.16. The number of hydrogen-bond acceptors (Lipinski definition) is 2. The molecule has 1 aromatic heterocycles. The number of carboxylic acid groups (broad SMARTS) is 1. The van der Waals surface area contributed by atoms with E-state index in [4.69, 9.17) is 5.11 Å². The molecule has 1 aliphatic rings. The van der Waals surface area contributed by atoms with Crippen molar-refractivity contribution < 1.29 is 9.90 Å². The molecule has 0 amide bonds. The predicted molar refractivity (Wildman–Crippen MR) is 57.7 cm³/mol. The first-order valence-electron chi connectivity index (χ1n) is 5.10. The fraction of sp³-hybridized carbons (Fsp3) is 0.167. The molecule has 2 aromatic rings. The molecule has 80 valence electrons. The predicted octanol–water partition coefficient (Wildman–Crippen LogP) is 1.79. The zero-order valence-corrected chi connectivity index (χ0v) is 8.50. The second-order valence-electron chi connectivity index (χ2n) is 3.90. The SMILES string of the molecule is O=C(O)CC1c2ccccc2-n2cncc21. The van der Waals surface area contributed by atoms with E-state index in [-0.39, 0.29) is 12.3 Å². The zero-order chi connectivity index (χ0) is 11.1. The molecule has 3 rings (SSSR count). The molecule has 0 fully saturated rings. The van der Waals surface area contributed by atoms with E-state index in [1.807, 2.05) is 28.8 Å². The van der Waals surface area contributed by atoms with Crippen molar-refractivity contribution >= 4 is 5.97 Å². The molecule has 1 aliphatic heterocycles. The molecule has 2 heterocycles. The second-order valence-corrected chi connectivity index (χ2v) is 3.90. The summed E-state index contributed by atoms with van der Waals surface area (Å²) in [6.07, 6.45) is 3.59. The second kappa shape index (κ2) is 3.20. The van der Waals surface area contributed by atoms with Gasteiger partial charge in [0.1, 0.15) is 0 Å². The molecular formula is C12H10N2O2. The van der Waals surface area contributed by atoms with Crippen molar-refractivity contribution in [1.82, 2.24) is 9.55 Å². The summed E-state index contributed by atoms with van der Waals surface area (Å²) in [5, 5.41) is 8.93. The zero-order valence-electron chi connectivity index (χ0n) is 8.50. The first-order valence-corrected chi connectivity index (χ1v) is 5.10. The molecule has 4 nitrogen and oxygen atoms in total. The van der Waals surface area contributed by atoms with Crippen molar-refractivity contribution in [2.75, 3.05) is 0 Å². The van der Waals surface area contributed by atoms with Crippen LogP contribution in [0.15, 0.2) is 36.8 Å². The van der Waals surface area contributed by atoms with Crippen LogP contribution >= 0.6 is 0 Å². The number of hydrogen-bond donors (Lipinski definition) is 1. The van der Waals surface area contributed by atoms with Crippen molar-refractivity contribution in [2.45, 2.75) is 12.3 Å². The van der Waals surface area contributed by atoms with Gasteiger partial charge in [-0.1, -0.05) is 18.2 Å². The van der Waals surface area contributed by atoms with Crippen LogP contribution in [0.1, 0.15) is 23.6 Å². The van der Waals surface area contributed by atoms with Crippen molar-refractivity contribution in [2.24, 2.45) is 0 Å². The van der Waals surface area contributed by atoms with E-state index in [0.29, 0.717) is 0 Å². The molecular weight excluding hydrogens is 204 g/mol. The number of fused-ring (bicyclic) bond motifs is 3. The van der Waals surface area contributed by atoms with Crippen LogP contribution < -0.4 is 0 Å². The lowest BCUT2D eigenvalue weighted by molar-refractivity contribution is -0.137. The van der Waals surface area contributed by atoms with Crippen LogP contribution in [-0.4, -0.2) is 20.6 Å². The molecule has 0 saturated heterocycles. The minimum atomic E-state index is -0.783.